The van der Waals surface area contributed by atoms with Gasteiger partial charge in [0, 0.05) is 4.91 Å². The van der Waals surface area contributed by atoms with Crippen LogP contribution in [0.5, 0.6) is 5.75 Å². The summed E-state index contributed by atoms with van der Waals surface area (Å²) in [6.45, 7) is 0. The molecule has 4 nitrogen and oxygen atoms in total. The van der Waals surface area contributed by atoms with Crippen molar-refractivity contribution in [3.8, 4) is 5.75 Å². The Bertz CT molecular complexity index is 278. The van der Waals surface area contributed by atoms with Gasteiger partial charge in [-0.1, -0.05) is 17.2 Å². The Labute approximate surface area is 57.4 Å². The van der Waals surface area contributed by atoms with Gasteiger partial charge in [0.05, 0.1) is 5.69 Å². The summed E-state index contributed by atoms with van der Waals surface area (Å²) in [6.07, 6.45) is 0. The lowest BCUT2D eigenvalue weighted by atomic mass is 10.3. The van der Waals surface area contributed by atoms with E-state index in [2.05, 4.69) is 10.0 Å². The molecule has 1 aromatic rings. The zero-order valence-corrected chi connectivity index (χ0v) is 5.10. The van der Waals surface area contributed by atoms with Crippen molar-refractivity contribution in [3.05, 3.63) is 34.7 Å². The van der Waals surface area contributed by atoms with E-state index in [0.717, 1.165) is 0 Å². The molecule has 1 rings (SSSR count). The quantitative estimate of drug-likeness (QED) is 0.358. The second-order valence-electron chi connectivity index (χ2n) is 1.68. The molecular weight excluding hydrogens is 130 g/mol. The minimum atomic E-state index is 0.000278. The number of phenolic OH excluding ortho intramolecular Hbond substituents is 1. The van der Waals surface area contributed by atoms with Crippen molar-refractivity contribution < 1.29 is 5.11 Å². The first-order valence-electron chi connectivity index (χ1n) is 2.67. The highest BCUT2D eigenvalue weighted by molar-refractivity contribution is 5.49. The molecule has 50 valence electrons. The van der Waals surface area contributed by atoms with Gasteiger partial charge in [-0.3, -0.25) is 0 Å². The van der Waals surface area contributed by atoms with Crippen molar-refractivity contribution >= 4 is 5.69 Å². The van der Waals surface area contributed by atoms with Gasteiger partial charge in [-0.2, -0.15) is 0 Å². The van der Waals surface area contributed by atoms with E-state index < -0.39 is 0 Å². The normalized spacial score (nSPS) is 8.40. The van der Waals surface area contributed by atoms with Crippen molar-refractivity contribution in [2.75, 3.05) is 0 Å². The van der Waals surface area contributed by atoms with Crippen molar-refractivity contribution in [1.82, 2.24) is 0 Å². The van der Waals surface area contributed by atoms with Crippen LogP contribution in [0.15, 0.2) is 29.4 Å². The SMILES string of the molecule is [N-]=[N+]=Nc1ccccc1O. The van der Waals surface area contributed by atoms with Crippen LogP contribution in [0.3, 0.4) is 0 Å². The molecule has 0 aromatic heterocycles. The summed E-state index contributed by atoms with van der Waals surface area (Å²) in [5, 5.41) is 12.2. The molecule has 0 unspecified atom stereocenters. The molecule has 4 heteroatoms. The van der Waals surface area contributed by atoms with Gasteiger partial charge in [0.25, 0.3) is 0 Å². The number of azide groups is 1. The molecule has 0 heterocycles. The van der Waals surface area contributed by atoms with Gasteiger partial charge in [0.1, 0.15) is 5.75 Å². The van der Waals surface area contributed by atoms with E-state index in [-0.39, 0.29) is 11.4 Å². The predicted octanol–water partition coefficient (Wildman–Crippen LogP) is 2.33. The Kier molecular flexibility index (Phi) is 1.78. The fourth-order valence-corrected chi connectivity index (χ4v) is 0.597. The fourth-order valence-electron chi connectivity index (χ4n) is 0.597. The van der Waals surface area contributed by atoms with Crippen LogP contribution in [0.2, 0.25) is 0 Å². The summed E-state index contributed by atoms with van der Waals surface area (Å²) in [5.41, 5.74) is 8.25. The number of aromatic hydroxyl groups is 1. The van der Waals surface area contributed by atoms with Crippen LogP contribution < -0.4 is 0 Å². The molecule has 0 aliphatic rings. The van der Waals surface area contributed by atoms with Gasteiger partial charge in [-0.15, -0.1) is 0 Å². The van der Waals surface area contributed by atoms with E-state index in [1.165, 1.54) is 12.1 Å². The third kappa shape index (κ3) is 1.18. The average Bonchev–Trinajstić information content (AvgIpc) is 1.94. The minimum Gasteiger partial charge on any atom is -0.507 e. The zero-order valence-electron chi connectivity index (χ0n) is 5.10. The van der Waals surface area contributed by atoms with E-state index >= 15 is 0 Å². The van der Waals surface area contributed by atoms with Gasteiger partial charge in [0.15, 0.2) is 0 Å². The fraction of sp³-hybridized carbons (Fsp3) is 0. The van der Waals surface area contributed by atoms with Crippen LogP contribution in [0.4, 0.5) is 5.69 Å². The summed E-state index contributed by atoms with van der Waals surface area (Å²) < 4.78 is 0. The molecule has 0 saturated carbocycles. The second kappa shape index (κ2) is 2.75. The molecule has 1 N–H and O–H groups in total. The van der Waals surface area contributed by atoms with Crippen LogP contribution in [0.1, 0.15) is 0 Å². The Morgan fingerprint density at radius 3 is 2.70 bits per heavy atom. The Balaban J connectivity index is 3.14. The molecule has 0 aliphatic heterocycles. The van der Waals surface area contributed by atoms with Gasteiger partial charge >= 0.3 is 0 Å². The number of hydrogen-bond acceptors (Lipinski definition) is 2. The maximum absolute atomic E-state index is 8.98. The highest BCUT2D eigenvalue weighted by Gasteiger charge is 1.92. The molecule has 0 bridgehead atoms. The average molecular weight is 135 g/mol. The predicted molar refractivity (Wildman–Crippen MR) is 36.9 cm³/mol. The monoisotopic (exact) mass is 135 g/mol. The summed E-state index contributed by atoms with van der Waals surface area (Å²) in [5.74, 6) is 0.000278. The van der Waals surface area contributed by atoms with Crippen molar-refractivity contribution in [2.45, 2.75) is 0 Å². The van der Waals surface area contributed by atoms with E-state index in [9.17, 15) is 0 Å². The number of phenols is 1. The lowest BCUT2D eigenvalue weighted by molar-refractivity contribution is 0.477. The first-order chi connectivity index (χ1) is 4.84. The highest BCUT2D eigenvalue weighted by atomic mass is 16.3. The number of benzene rings is 1. The third-order valence-electron chi connectivity index (χ3n) is 1.03. The summed E-state index contributed by atoms with van der Waals surface area (Å²) in [4.78, 5) is 2.53. The molecule has 0 atom stereocenters. The molecule has 0 fully saturated rings. The molecule has 0 radical (unpaired) electrons. The lowest BCUT2D eigenvalue weighted by Gasteiger charge is -1.92. The largest absolute Gasteiger partial charge is 0.507 e. The molecule has 1 aromatic carbocycles. The van der Waals surface area contributed by atoms with Gasteiger partial charge in [0.2, 0.25) is 0 Å². The number of para-hydroxylation sites is 1. The summed E-state index contributed by atoms with van der Waals surface area (Å²) in [6, 6.07) is 6.34. The lowest BCUT2D eigenvalue weighted by Crippen LogP contribution is -1.63. The molecule has 0 saturated heterocycles. The Hall–Kier alpha value is -1.67. The van der Waals surface area contributed by atoms with E-state index in [4.69, 9.17) is 10.6 Å². The highest BCUT2D eigenvalue weighted by Crippen LogP contribution is 2.24. The molecular formula is C6H5N3O. The standard InChI is InChI=1S/C6H5N3O/c7-9-8-5-3-1-2-4-6(5)10/h1-4,10H. The first-order valence-corrected chi connectivity index (χ1v) is 2.67. The molecule has 0 aliphatic carbocycles. The second-order valence-corrected chi connectivity index (χ2v) is 1.68. The molecule has 0 spiro atoms. The third-order valence-corrected chi connectivity index (χ3v) is 1.03. The van der Waals surface area contributed by atoms with Crippen LogP contribution in [0, 0.1) is 0 Å². The van der Waals surface area contributed by atoms with Gasteiger partial charge in [-0.05, 0) is 17.7 Å². The summed E-state index contributed by atoms with van der Waals surface area (Å²) >= 11 is 0. The van der Waals surface area contributed by atoms with E-state index in [1.807, 2.05) is 0 Å². The van der Waals surface area contributed by atoms with Crippen molar-refractivity contribution in [1.29, 1.82) is 0 Å². The molecule has 0 amide bonds. The van der Waals surface area contributed by atoms with Crippen molar-refractivity contribution in [3.63, 3.8) is 0 Å². The van der Waals surface area contributed by atoms with Crippen LogP contribution in [-0.4, -0.2) is 5.11 Å². The van der Waals surface area contributed by atoms with Crippen molar-refractivity contribution in [2.24, 2.45) is 5.11 Å². The van der Waals surface area contributed by atoms with Gasteiger partial charge in [-0.25, -0.2) is 0 Å². The number of nitrogens with zero attached hydrogens (tertiary/aromatic N) is 3. The van der Waals surface area contributed by atoms with E-state index in [1.54, 1.807) is 12.1 Å². The maximum atomic E-state index is 8.98. The van der Waals surface area contributed by atoms with Crippen LogP contribution >= 0.6 is 0 Å². The summed E-state index contributed by atoms with van der Waals surface area (Å²) in [7, 11) is 0. The van der Waals surface area contributed by atoms with Crippen LogP contribution in [0.25, 0.3) is 10.4 Å². The smallest absolute Gasteiger partial charge is 0.125 e. The minimum absolute atomic E-state index is 0.000278. The van der Waals surface area contributed by atoms with Crippen LogP contribution in [-0.2, 0) is 0 Å². The number of hydrogen-bond donors (Lipinski definition) is 1. The maximum Gasteiger partial charge on any atom is 0.125 e. The molecule has 10 heavy (non-hydrogen) atoms. The van der Waals surface area contributed by atoms with E-state index in [0.29, 0.717) is 0 Å². The van der Waals surface area contributed by atoms with Gasteiger partial charge < -0.3 is 5.11 Å². The first kappa shape index (κ1) is 6.45. The Morgan fingerprint density at radius 1 is 1.40 bits per heavy atom. The zero-order chi connectivity index (χ0) is 7.40. The Morgan fingerprint density at radius 2 is 2.10 bits per heavy atom. The topological polar surface area (TPSA) is 69.0 Å². The number of rotatable bonds is 1.